The molecule has 0 saturated carbocycles. The summed E-state index contributed by atoms with van der Waals surface area (Å²) >= 11 is 5.10. The maximum absolute atomic E-state index is 12.4. The fourth-order valence-electron chi connectivity index (χ4n) is 1.75. The van der Waals surface area contributed by atoms with Crippen LogP contribution >= 0.6 is 27.7 Å². The summed E-state index contributed by atoms with van der Waals surface area (Å²) in [6.45, 7) is 5.73. The SMILES string of the molecule is CCSCCC(C)NS(=O)(=O)c1cc(N)c(Br)cc1C. The van der Waals surface area contributed by atoms with Gasteiger partial charge in [0.2, 0.25) is 10.0 Å². The molecule has 114 valence electrons. The summed E-state index contributed by atoms with van der Waals surface area (Å²) in [6, 6.07) is 3.12. The third-order valence-corrected chi connectivity index (χ3v) is 6.19. The van der Waals surface area contributed by atoms with Gasteiger partial charge in [0.05, 0.1) is 4.90 Å². The van der Waals surface area contributed by atoms with Gasteiger partial charge in [-0.05, 0) is 65.4 Å². The first-order chi connectivity index (χ1) is 9.27. The van der Waals surface area contributed by atoms with E-state index in [1.807, 2.05) is 6.92 Å². The Balaban J connectivity index is 2.86. The molecule has 0 aliphatic rings. The zero-order valence-electron chi connectivity index (χ0n) is 11.9. The molecule has 4 nitrogen and oxygen atoms in total. The molecule has 0 amide bonds. The van der Waals surface area contributed by atoms with E-state index in [0.717, 1.165) is 17.9 Å². The molecule has 3 N–H and O–H groups in total. The molecule has 0 fully saturated rings. The second-order valence-electron chi connectivity index (χ2n) is 4.65. The van der Waals surface area contributed by atoms with E-state index in [1.54, 1.807) is 24.8 Å². The Morgan fingerprint density at radius 3 is 2.70 bits per heavy atom. The Labute approximate surface area is 134 Å². The topological polar surface area (TPSA) is 72.2 Å². The Morgan fingerprint density at radius 1 is 1.45 bits per heavy atom. The fraction of sp³-hybridized carbons (Fsp3) is 0.538. The van der Waals surface area contributed by atoms with Crippen molar-refractivity contribution in [2.75, 3.05) is 17.2 Å². The van der Waals surface area contributed by atoms with Crippen LogP contribution in [0.3, 0.4) is 0 Å². The van der Waals surface area contributed by atoms with Crippen molar-refractivity contribution in [3.05, 3.63) is 22.2 Å². The number of nitrogens with two attached hydrogens (primary N) is 1. The molecule has 7 heteroatoms. The Hall–Kier alpha value is -0.240. The number of anilines is 1. The number of aryl methyl sites for hydroxylation is 1. The molecule has 1 rings (SSSR count). The molecule has 0 spiro atoms. The normalized spacial score (nSPS) is 13.4. The smallest absolute Gasteiger partial charge is 0.241 e. The summed E-state index contributed by atoms with van der Waals surface area (Å²) in [5.41, 5.74) is 6.87. The van der Waals surface area contributed by atoms with Crippen molar-refractivity contribution < 1.29 is 8.42 Å². The Kier molecular flexibility index (Phi) is 6.84. The first-order valence-electron chi connectivity index (χ1n) is 6.43. The predicted octanol–water partition coefficient (Wildman–Crippen LogP) is 3.15. The molecule has 20 heavy (non-hydrogen) atoms. The lowest BCUT2D eigenvalue weighted by atomic mass is 10.2. The molecule has 0 aliphatic heterocycles. The van der Waals surface area contributed by atoms with Crippen LogP contribution in [-0.4, -0.2) is 26.0 Å². The lowest BCUT2D eigenvalue weighted by molar-refractivity contribution is 0.556. The van der Waals surface area contributed by atoms with Gasteiger partial charge in [0, 0.05) is 16.2 Å². The summed E-state index contributed by atoms with van der Waals surface area (Å²) in [6.07, 6.45) is 0.808. The van der Waals surface area contributed by atoms with Crippen LogP contribution in [0.1, 0.15) is 25.8 Å². The van der Waals surface area contributed by atoms with Crippen molar-refractivity contribution in [3.63, 3.8) is 0 Å². The van der Waals surface area contributed by atoms with E-state index in [-0.39, 0.29) is 10.9 Å². The third-order valence-electron chi connectivity index (χ3n) is 2.84. The lowest BCUT2D eigenvalue weighted by Gasteiger charge is -2.16. The largest absolute Gasteiger partial charge is 0.398 e. The van der Waals surface area contributed by atoms with Crippen molar-refractivity contribution in [2.24, 2.45) is 0 Å². The highest BCUT2D eigenvalue weighted by Crippen LogP contribution is 2.26. The van der Waals surface area contributed by atoms with E-state index in [4.69, 9.17) is 5.73 Å². The van der Waals surface area contributed by atoms with Gasteiger partial charge in [-0.2, -0.15) is 11.8 Å². The minimum atomic E-state index is -3.53. The number of nitrogen functional groups attached to an aromatic ring is 1. The van der Waals surface area contributed by atoms with Crippen molar-refractivity contribution in [1.29, 1.82) is 0 Å². The maximum atomic E-state index is 12.4. The number of hydrogen-bond acceptors (Lipinski definition) is 4. The third kappa shape index (κ3) is 4.95. The van der Waals surface area contributed by atoms with Gasteiger partial charge in [-0.25, -0.2) is 13.1 Å². The highest BCUT2D eigenvalue weighted by atomic mass is 79.9. The number of thioether (sulfide) groups is 1. The van der Waals surface area contributed by atoms with Gasteiger partial charge in [0.15, 0.2) is 0 Å². The van der Waals surface area contributed by atoms with Crippen molar-refractivity contribution in [3.8, 4) is 0 Å². The molecule has 0 bridgehead atoms. The molecular formula is C13H21BrN2O2S2. The first kappa shape index (κ1) is 17.8. The average molecular weight is 381 g/mol. The number of nitrogens with one attached hydrogen (secondary N) is 1. The number of halogens is 1. The van der Waals surface area contributed by atoms with Gasteiger partial charge in [-0.15, -0.1) is 0 Å². The summed E-state index contributed by atoms with van der Waals surface area (Å²) in [5, 5.41) is 0. The van der Waals surface area contributed by atoms with Crippen LogP contribution in [-0.2, 0) is 10.0 Å². The molecule has 1 atom stereocenters. The van der Waals surface area contributed by atoms with Gasteiger partial charge in [-0.1, -0.05) is 6.92 Å². The fourth-order valence-corrected chi connectivity index (χ4v) is 4.56. The maximum Gasteiger partial charge on any atom is 0.241 e. The van der Waals surface area contributed by atoms with E-state index >= 15 is 0 Å². The van der Waals surface area contributed by atoms with Crippen molar-refractivity contribution in [1.82, 2.24) is 4.72 Å². The quantitative estimate of drug-likeness (QED) is 0.562. The van der Waals surface area contributed by atoms with Gasteiger partial charge in [0.1, 0.15) is 0 Å². The first-order valence-corrected chi connectivity index (χ1v) is 9.86. The Bertz CT molecular complexity index is 562. The lowest BCUT2D eigenvalue weighted by Crippen LogP contribution is -2.33. The van der Waals surface area contributed by atoms with Gasteiger partial charge < -0.3 is 5.73 Å². The van der Waals surface area contributed by atoms with Crippen molar-refractivity contribution in [2.45, 2.75) is 38.1 Å². The summed E-state index contributed by atoms with van der Waals surface area (Å²) in [5.74, 6) is 1.99. The second kappa shape index (κ2) is 7.68. The standard InChI is InChI=1S/C13H21BrN2O2S2/c1-4-19-6-5-10(3)16-20(17,18)13-8-12(15)11(14)7-9(13)2/h7-8,10,16H,4-6,15H2,1-3H3. The van der Waals surface area contributed by atoms with Crippen LogP contribution in [0.2, 0.25) is 0 Å². The minimum Gasteiger partial charge on any atom is -0.398 e. The molecule has 0 aliphatic carbocycles. The van der Waals surface area contributed by atoms with Crippen LogP contribution in [0, 0.1) is 6.92 Å². The van der Waals surface area contributed by atoms with Crippen LogP contribution < -0.4 is 10.5 Å². The van der Waals surface area contributed by atoms with E-state index in [1.165, 1.54) is 6.07 Å². The van der Waals surface area contributed by atoms with E-state index in [0.29, 0.717) is 15.7 Å². The van der Waals surface area contributed by atoms with Gasteiger partial charge in [0.25, 0.3) is 0 Å². The van der Waals surface area contributed by atoms with Crippen LogP contribution in [0.25, 0.3) is 0 Å². The summed E-state index contributed by atoms with van der Waals surface area (Å²) in [7, 11) is -3.53. The van der Waals surface area contributed by atoms with E-state index in [9.17, 15) is 8.42 Å². The molecule has 0 aromatic heterocycles. The number of hydrogen-bond donors (Lipinski definition) is 2. The molecule has 0 saturated heterocycles. The highest BCUT2D eigenvalue weighted by molar-refractivity contribution is 9.10. The highest BCUT2D eigenvalue weighted by Gasteiger charge is 2.20. The van der Waals surface area contributed by atoms with Crippen LogP contribution in [0.15, 0.2) is 21.5 Å². The summed E-state index contributed by atoms with van der Waals surface area (Å²) < 4.78 is 28.2. The zero-order valence-corrected chi connectivity index (χ0v) is 15.2. The van der Waals surface area contributed by atoms with Crippen LogP contribution in [0.4, 0.5) is 5.69 Å². The molecule has 1 aromatic rings. The number of rotatable bonds is 7. The molecule has 0 heterocycles. The number of sulfonamides is 1. The van der Waals surface area contributed by atoms with Crippen LogP contribution in [0.5, 0.6) is 0 Å². The Morgan fingerprint density at radius 2 is 2.10 bits per heavy atom. The van der Waals surface area contributed by atoms with E-state index < -0.39 is 10.0 Å². The second-order valence-corrected chi connectivity index (χ2v) is 8.58. The molecule has 1 unspecified atom stereocenters. The molecule has 1 aromatic carbocycles. The predicted molar refractivity (Wildman–Crippen MR) is 90.7 cm³/mol. The molecular weight excluding hydrogens is 360 g/mol. The van der Waals surface area contributed by atoms with E-state index in [2.05, 4.69) is 27.6 Å². The summed E-state index contributed by atoms with van der Waals surface area (Å²) in [4.78, 5) is 0.244. The zero-order chi connectivity index (χ0) is 15.3. The molecule has 0 radical (unpaired) electrons. The van der Waals surface area contributed by atoms with Crippen molar-refractivity contribution >= 4 is 43.4 Å². The van der Waals surface area contributed by atoms with Gasteiger partial charge >= 0.3 is 0 Å². The monoisotopic (exact) mass is 380 g/mol. The average Bonchev–Trinajstić information content (AvgIpc) is 2.33. The minimum absolute atomic E-state index is 0.0941. The number of benzene rings is 1. The van der Waals surface area contributed by atoms with Gasteiger partial charge in [-0.3, -0.25) is 0 Å².